The second-order valence-electron chi connectivity index (χ2n) is 4.63. The zero-order chi connectivity index (χ0) is 14.5. The van der Waals surface area contributed by atoms with Crippen molar-refractivity contribution in [1.29, 1.82) is 0 Å². The van der Waals surface area contributed by atoms with Gasteiger partial charge in [0, 0.05) is 19.6 Å². The molecule has 1 aromatic carbocycles. The lowest BCUT2D eigenvalue weighted by Gasteiger charge is -2.26. The molecule has 19 heavy (non-hydrogen) atoms. The summed E-state index contributed by atoms with van der Waals surface area (Å²) in [5.41, 5.74) is 0.808. The molecule has 0 unspecified atom stereocenters. The number of hydrogen-bond acceptors (Lipinski definition) is 3. The van der Waals surface area contributed by atoms with Gasteiger partial charge in [0.05, 0.1) is 4.90 Å². The van der Waals surface area contributed by atoms with Crippen molar-refractivity contribution in [3.8, 4) is 0 Å². The minimum Gasteiger partial charge on any atom is -0.316 e. The van der Waals surface area contributed by atoms with E-state index in [-0.39, 0.29) is 6.04 Å². The fourth-order valence-corrected chi connectivity index (χ4v) is 3.97. The predicted octanol–water partition coefficient (Wildman–Crippen LogP) is 2.22. The van der Waals surface area contributed by atoms with E-state index in [0.29, 0.717) is 11.4 Å². The van der Waals surface area contributed by atoms with Gasteiger partial charge in [-0.1, -0.05) is 32.0 Å². The van der Waals surface area contributed by atoms with Crippen LogP contribution in [0.25, 0.3) is 0 Å². The summed E-state index contributed by atoms with van der Waals surface area (Å²) in [7, 11) is 0.0614. The minimum absolute atomic E-state index is 0.0487. The van der Waals surface area contributed by atoms with Gasteiger partial charge in [-0.15, -0.1) is 0 Å². The van der Waals surface area contributed by atoms with Crippen LogP contribution in [-0.4, -0.2) is 32.9 Å². The van der Waals surface area contributed by atoms with Crippen LogP contribution in [0.2, 0.25) is 0 Å². The summed E-state index contributed by atoms with van der Waals surface area (Å²) in [4.78, 5) is 0.402. The number of nitrogens with one attached hydrogen (secondary N) is 1. The topological polar surface area (TPSA) is 49.4 Å². The molecule has 108 valence electrons. The molecule has 0 atom stereocenters. The molecule has 1 N–H and O–H groups in total. The van der Waals surface area contributed by atoms with Crippen LogP contribution in [0.5, 0.6) is 0 Å². The number of benzene rings is 1. The van der Waals surface area contributed by atoms with Crippen LogP contribution in [0.15, 0.2) is 29.2 Å². The van der Waals surface area contributed by atoms with Gasteiger partial charge in [0.2, 0.25) is 10.0 Å². The lowest BCUT2D eigenvalue weighted by Crippen LogP contribution is -2.36. The van der Waals surface area contributed by atoms with E-state index in [1.807, 2.05) is 33.0 Å². The Balaban J connectivity index is 3.19. The maximum atomic E-state index is 12.7. The fourth-order valence-electron chi connectivity index (χ4n) is 2.25. The summed E-state index contributed by atoms with van der Waals surface area (Å²) >= 11 is 0. The summed E-state index contributed by atoms with van der Waals surface area (Å²) < 4.78 is 26.9. The highest BCUT2D eigenvalue weighted by molar-refractivity contribution is 7.89. The van der Waals surface area contributed by atoms with Gasteiger partial charge in [0.25, 0.3) is 0 Å². The maximum Gasteiger partial charge on any atom is 0.243 e. The van der Waals surface area contributed by atoms with Gasteiger partial charge in [-0.2, -0.15) is 4.31 Å². The van der Waals surface area contributed by atoms with Gasteiger partial charge < -0.3 is 5.32 Å². The van der Waals surface area contributed by atoms with E-state index in [1.54, 1.807) is 19.2 Å². The summed E-state index contributed by atoms with van der Waals surface area (Å²) in [6.45, 7) is 4.57. The first-order valence-electron chi connectivity index (χ1n) is 6.69. The maximum absolute atomic E-state index is 12.7. The molecule has 0 aliphatic carbocycles. The van der Waals surface area contributed by atoms with Crippen LogP contribution in [0.4, 0.5) is 0 Å². The third kappa shape index (κ3) is 3.55. The molecule has 0 amide bonds. The van der Waals surface area contributed by atoms with Gasteiger partial charge in [-0.3, -0.25) is 0 Å². The van der Waals surface area contributed by atoms with Crippen molar-refractivity contribution in [3.63, 3.8) is 0 Å². The highest BCUT2D eigenvalue weighted by Crippen LogP contribution is 2.22. The van der Waals surface area contributed by atoms with Gasteiger partial charge in [-0.05, 0) is 31.5 Å². The standard InChI is InChI=1S/C14H24N2O2S/c1-5-13(6-2)16(4)19(17,18)14-10-8-7-9-12(14)11-15-3/h7-10,13,15H,5-6,11H2,1-4H3. The van der Waals surface area contributed by atoms with Crippen LogP contribution in [0.3, 0.4) is 0 Å². The van der Waals surface area contributed by atoms with Crippen LogP contribution in [0, 0.1) is 0 Å². The Morgan fingerprint density at radius 1 is 1.21 bits per heavy atom. The number of hydrogen-bond donors (Lipinski definition) is 1. The molecule has 0 bridgehead atoms. The molecule has 0 heterocycles. The third-order valence-electron chi connectivity index (χ3n) is 3.45. The van der Waals surface area contributed by atoms with E-state index in [2.05, 4.69) is 5.32 Å². The molecule has 0 saturated heterocycles. The second-order valence-corrected chi connectivity index (χ2v) is 6.60. The summed E-state index contributed by atoms with van der Waals surface area (Å²) in [6, 6.07) is 7.22. The zero-order valence-electron chi connectivity index (χ0n) is 12.2. The van der Waals surface area contributed by atoms with Crippen molar-refractivity contribution in [1.82, 2.24) is 9.62 Å². The molecule has 0 aromatic heterocycles. The van der Waals surface area contributed by atoms with Crippen LogP contribution >= 0.6 is 0 Å². The molecule has 0 spiro atoms. The van der Waals surface area contributed by atoms with Crippen molar-refractivity contribution < 1.29 is 8.42 Å². The largest absolute Gasteiger partial charge is 0.316 e. The van der Waals surface area contributed by atoms with Crippen molar-refractivity contribution in [2.45, 2.75) is 44.2 Å². The molecule has 0 saturated carbocycles. The SMILES string of the molecule is CCC(CC)N(C)S(=O)(=O)c1ccccc1CNC. The summed E-state index contributed by atoms with van der Waals surface area (Å²) in [6.07, 6.45) is 1.64. The first-order chi connectivity index (χ1) is 8.98. The van der Waals surface area contributed by atoms with Gasteiger partial charge in [-0.25, -0.2) is 8.42 Å². The molecular formula is C14H24N2O2S. The molecular weight excluding hydrogens is 260 g/mol. The lowest BCUT2D eigenvalue weighted by molar-refractivity contribution is 0.349. The van der Waals surface area contributed by atoms with Crippen molar-refractivity contribution >= 4 is 10.0 Å². The van der Waals surface area contributed by atoms with Crippen molar-refractivity contribution in [2.75, 3.05) is 14.1 Å². The Morgan fingerprint density at radius 3 is 2.32 bits per heavy atom. The Hall–Kier alpha value is -0.910. The molecule has 5 heteroatoms. The first kappa shape index (κ1) is 16.1. The molecule has 1 rings (SSSR count). The Bertz CT molecular complexity index is 496. The first-order valence-corrected chi connectivity index (χ1v) is 8.13. The number of sulfonamides is 1. The monoisotopic (exact) mass is 284 g/mol. The van der Waals surface area contributed by atoms with E-state index >= 15 is 0 Å². The zero-order valence-corrected chi connectivity index (χ0v) is 13.0. The quantitative estimate of drug-likeness (QED) is 0.835. The van der Waals surface area contributed by atoms with Crippen LogP contribution < -0.4 is 5.32 Å². The summed E-state index contributed by atoms with van der Waals surface area (Å²) in [5, 5.41) is 3.01. The Kier molecular flexibility index (Phi) is 5.97. The van der Waals surface area contributed by atoms with Gasteiger partial charge >= 0.3 is 0 Å². The van der Waals surface area contributed by atoms with Gasteiger partial charge in [0.1, 0.15) is 0 Å². The molecule has 0 aliphatic heterocycles. The Labute approximate surface area is 116 Å². The number of nitrogens with zero attached hydrogens (tertiary/aromatic N) is 1. The van der Waals surface area contributed by atoms with Gasteiger partial charge in [0.15, 0.2) is 0 Å². The van der Waals surface area contributed by atoms with Crippen molar-refractivity contribution in [2.24, 2.45) is 0 Å². The second kappa shape index (κ2) is 7.03. The highest BCUT2D eigenvalue weighted by atomic mass is 32.2. The average molecular weight is 284 g/mol. The smallest absolute Gasteiger partial charge is 0.243 e. The molecule has 1 aromatic rings. The minimum atomic E-state index is -3.42. The average Bonchev–Trinajstić information content (AvgIpc) is 2.41. The van der Waals surface area contributed by atoms with E-state index in [1.165, 1.54) is 4.31 Å². The molecule has 0 aliphatic rings. The van der Waals surface area contributed by atoms with Crippen LogP contribution in [0.1, 0.15) is 32.3 Å². The molecule has 0 radical (unpaired) electrons. The van der Waals surface area contributed by atoms with E-state index in [4.69, 9.17) is 0 Å². The molecule has 0 fully saturated rings. The van der Waals surface area contributed by atoms with Crippen LogP contribution in [-0.2, 0) is 16.6 Å². The highest BCUT2D eigenvalue weighted by Gasteiger charge is 2.27. The van der Waals surface area contributed by atoms with E-state index in [9.17, 15) is 8.42 Å². The van der Waals surface area contributed by atoms with E-state index in [0.717, 1.165) is 18.4 Å². The predicted molar refractivity (Wildman–Crippen MR) is 78.5 cm³/mol. The molecule has 4 nitrogen and oxygen atoms in total. The third-order valence-corrected chi connectivity index (χ3v) is 5.46. The summed E-state index contributed by atoms with van der Waals surface area (Å²) in [5.74, 6) is 0. The van der Waals surface area contributed by atoms with E-state index < -0.39 is 10.0 Å². The fraction of sp³-hybridized carbons (Fsp3) is 0.571. The van der Waals surface area contributed by atoms with Crippen molar-refractivity contribution in [3.05, 3.63) is 29.8 Å². The number of rotatable bonds is 7. The normalized spacial score (nSPS) is 12.3. The Morgan fingerprint density at radius 2 is 1.79 bits per heavy atom. The lowest BCUT2D eigenvalue weighted by atomic mass is 10.2.